The first-order valence-corrected chi connectivity index (χ1v) is 10.5. The maximum absolute atomic E-state index is 13.8. The summed E-state index contributed by atoms with van der Waals surface area (Å²) in [5.41, 5.74) is 0. The van der Waals surface area contributed by atoms with E-state index in [9.17, 15) is 12.8 Å². The predicted molar refractivity (Wildman–Crippen MR) is 114 cm³/mol. The Morgan fingerprint density at radius 1 is 1.50 bits per heavy atom. The van der Waals surface area contributed by atoms with Crippen molar-refractivity contribution in [3.8, 4) is 0 Å². The average Bonchev–Trinajstić information content (AvgIpc) is 2.99. The minimum atomic E-state index is -2.96. The summed E-state index contributed by atoms with van der Waals surface area (Å²) >= 11 is 0. The van der Waals surface area contributed by atoms with Gasteiger partial charge in [0.1, 0.15) is 9.84 Å². The standard InChI is InChI=1S/C16H26FN5O2S.HI/c1-3-18-16(20-9-5-11-25(2,23)24)21-13-7-10-22(12-13)15-14(17)6-4-8-19-15;/h4,6,8,13H,3,5,7,9-12H2,1-2H3,(H2,18,20,21);1H. The number of hydrogen-bond acceptors (Lipinski definition) is 5. The van der Waals surface area contributed by atoms with Gasteiger partial charge in [0.25, 0.3) is 0 Å². The molecule has 0 aromatic carbocycles. The lowest BCUT2D eigenvalue weighted by Gasteiger charge is -2.19. The third-order valence-corrected chi connectivity index (χ3v) is 4.89. The highest BCUT2D eigenvalue weighted by Crippen LogP contribution is 2.20. The molecule has 1 aliphatic heterocycles. The van der Waals surface area contributed by atoms with Crippen LogP contribution in [0.5, 0.6) is 0 Å². The Labute approximate surface area is 171 Å². The fourth-order valence-electron chi connectivity index (χ4n) is 2.71. The van der Waals surface area contributed by atoms with Gasteiger partial charge in [-0.3, -0.25) is 4.99 Å². The van der Waals surface area contributed by atoms with Gasteiger partial charge in [-0.25, -0.2) is 17.8 Å². The van der Waals surface area contributed by atoms with E-state index in [2.05, 4.69) is 20.6 Å². The number of aliphatic imine (C=N–C) groups is 1. The SMILES string of the molecule is CCNC(=NCCCS(C)(=O)=O)NC1CCN(c2ncccc2F)C1.I. The normalized spacial score (nSPS) is 17.7. The molecule has 148 valence electrons. The molecule has 1 unspecified atom stereocenters. The second-order valence-electron chi connectivity index (χ2n) is 6.13. The summed E-state index contributed by atoms with van der Waals surface area (Å²) in [4.78, 5) is 10.4. The number of guanidine groups is 1. The van der Waals surface area contributed by atoms with Crippen LogP contribution in [0, 0.1) is 5.82 Å². The van der Waals surface area contributed by atoms with Crippen molar-refractivity contribution in [1.82, 2.24) is 15.6 Å². The lowest BCUT2D eigenvalue weighted by molar-refractivity contribution is 0.599. The summed E-state index contributed by atoms with van der Waals surface area (Å²) < 4.78 is 36.2. The van der Waals surface area contributed by atoms with Crippen LogP contribution in [-0.4, -0.2) is 63.6 Å². The fraction of sp³-hybridized carbons (Fsp3) is 0.625. The first kappa shape index (κ1) is 22.9. The van der Waals surface area contributed by atoms with E-state index in [-0.39, 0.29) is 41.6 Å². The quantitative estimate of drug-likeness (QED) is 0.256. The van der Waals surface area contributed by atoms with Crippen LogP contribution in [0.3, 0.4) is 0 Å². The number of nitrogens with zero attached hydrogens (tertiary/aromatic N) is 3. The summed E-state index contributed by atoms with van der Waals surface area (Å²) in [5.74, 6) is 0.849. The number of halogens is 2. The van der Waals surface area contributed by atoms with Crippen molar-refractivity contribution < 1.29 is 12.8 Å². The summed E-state index contributed by atoms with van der Waals surface area (Å²) in [6, 6.07) is 3.13. The zero-order chi connectivity index (χ0) is 18.3. The molecule has 0 aliphatic carbocycles. The van der Waals surface area contributed by atoms with Crippen molar-refractivity contribution in [1.29, 1.82) is 0 Å². The van der Waals surface area contributed by atoms with E-state index in [1.54, 1.807) is 12.3 Å². The summed E-state index contributed by atoms with van der Waals surface area (Å²) in [6.07, 6.45) is 4.16. The van der Waals surface area contributed by atoms with Gasteiger partial charge in [0.2, 0.25) is 0 Å². The first-order chi connectivity index (χ1) is 11.9. The summed E-state index contributed by atoms with van der Waals surface area (Å²) in [5, 5.41) is 6.49. The van der Waals surface area contributed by atoms with Crippen LogP contribution >= 0.6 is 24.0 Å². The van der Waals surface area contributed by atoms with Crippen LogP contribution in [0.1, 0.15) is 19.8 Å². The minimum absolute atomic E-state index is 0. The molecule has 2 rings (SSSR count). The van der Waals surface area contributed by atoms with E-state index in [1.165, 1.54) is 12.3 Å². The van der Waals surface area contributed by atoms with Crippen LogP contribution in [0.15, 0.2) is 23.3 Å². The second-order valence-corrected chi connectivity index (χ2v) is 8.39. The van der Waals surface area contributed by atoms with Crippen molar-refractivity contribution >= 4 is 45.6 Å². The van der Waals surface area contributed by atoms with Crippen LogP contribution in [0.2, 0.25) is 0 Å². The molecule has 1 aliphatic rings. The maximum Gasteiger partial charge on any atom is 0.191 e. The van der Waals surface area contributed by atoms with Crippen molar-refractivity contribution in [2.24, 2.45) is 4.99 Å². The van der Waals surface area contributed by atoms with E-state index >= 15 is 0 Å². The first-order valence-electron chi connectivity index (χ1n) is 8.47. The molecule has 0 amide bonds. The van der Waals surface area contributed by atoms with Crippen LogP contribution in [0.4, 0.5) is 10.2 Å². The number of rotatable bonds is 7. The Morgan fingerprint density at radius 2 is 2.27 bits per heavy atom. The Morgan fingerprint density at radius 3 is 2.92 bits per heavy atom. The molecule has 0 bridgehead atoms. The molecule has 1 atom stereocenters. The predicted octanol–water partition coefficient (Wildman–Crippen LogP) is 1.41. The molecule has 10 heteroatoms. The van der Waals surface area contributed by atoms with E-state index in [1.807, 2.05) is 11.8 Å². The lowest BCUT2D eigenvalue weighted by Crippen LogP contribution is -2.44. The molecule has 1 fully saturated rings. The van der Waals surface area contributed by atoms with Gasteiger partial charge in [0, 0.05) is 44.7 Å². The second kappa shape index (κ2) is 10.9. The molecule has 1 aromatic rings. The molecular formula is C16H27FIN5O2S. The zero-order valence-electron chi connectivity index (χ0n) is 15.1. The van der Waals surface area contributed by atoms with E-state index in [0.29, 0.717) is 37.8 Å². The Balaban J connectivity index is 0.00000338. The van der Waals surface area contributed by atoms with Gasteiger partial charge < -0.3 is 15.5 Å². The number of nitrogens with one attached hydrogen (secondary N) is 2. The largest absolute Gasteiger partial charge is 0.357 e. The fourth-order valence-corrected chi connectivity index (χ4v) is 3.36. The molecule has 2 N–H and O–H groups in total. The molecule has 1 aromatic heterocycles. The monoisotopic (exact) mass is 499 g/mol. The molecule has 7 nitrogen and oxygen atoms in total. The number of hydrogen-bond donors (Lipinski definition) is 2. The highest BCUT2D eigenvalue weighted by atomic mass is 127. The summed E-state index contributed by atoms with van der Waals surface area (Å²) in [7, 11) is -2.96. The molecule has 1 saturated heterocycles. The molecule has 0 spiro atoms. The Hall–Kier alpha value is -1.17. The Kier molecular flexibility index (Phi) is 9.55. The van der Waals surface area contributed by atoms with E-state index in [0.717, 1.165) is 13.0 Å². The third-order valence-electron chi connectivity index (χ3n) is 3.86. The number of aromatic nitrogens is 1. The van der Waals surface area contributed by atoms with Crippen LogP contribution in [-0.2, 0) is 9.84 Å². The molecule has 2 heterocycles. The van der Waals surface area contributed by atoms with E-state index in [4.69, 9.17) is 0 Å². The van der Waals surface area contributed by atoms with Gasteiger partial charge in [0.05, 0.1) is 5.75 Å². The number of sulfone groups is 1. The highest BCUT2D eigenvalue weighted by molar-refractivity contribution is 14.0. The molecular weight excluding hydrogens is 472 g/mol. The average molecular weight is 499 g/mol. The third kappa shape index (κ3) is 7.60. The minimum Gasteiger partial charge on any atom is -0.357 e. The molecule has 0 radical (unpaired) electrons. The van der Waals surface area contributed by atoms with Gasteiger partial charge in [-0.2, -0.15) is 0 Å². The topological polar surface area (TPSA) is 86.7 Å². The van der Waals surface area contributed by atoms with Crippen molar-refractivity contribution in [2.45, 2.75) is 25.8 Å². The van der Waals surface area contributed by atoms with Crippen molar-refractivity contribution in [3.05, 3.63) is 24.1 Å². The van der Waals surface area contributed by atoms with Crippen LogP contribution < -0.4 is 15.5 Å². The highest BCUT2D eigenvalue weighted by Gasteiger charge is 2.25. The smallest absolute Gasteiger partial charge is 0.191 e. The zero-order valence-corrected chi connectivity index (χ0v) is 18.3. The van der Waals surface area contributed by atoms with Crippen molar-refractivity contribution in [2.75, 3.05) is 43.1 Å². The van der Waals surface area contributed by atoms with Crippen molar-refractivity contribution in [3.63, 3.8) is 0 Å². The van der Waals surface area contributed by atoms with Crippen LogP contribution in [0.25, 0.3) is 0 Å². The van der Waals surface area contributed by atoms with Gasteiger partial charge in [-0.15, -0.1) is 24.0 Å². The molecule has 26 heavy (non-hydrogen) atoms. The van der Waals surface area contributed by atoms with E-state index < -0.39 is 9.84 Å². The van der Waals surface area contributed by atoms with Gasteiger partial charge in [-0.1, -0.05) is 0 Å². The van der Waals surface area contributed by atoms with Gasteiger partial charge in [-0.05, 0) is 31.9 Å². The van der Waals surface area contributed by atoms with Gasteiger partial charge >= 0.3 is 0 Å². The summed E-state index contributed by atoms with van der Waals surface area (Å²) in [6.45, 7) is 4.48. The molecule has 0 saturated carbocycles. The lowest BCUT2D eigenvalue weighted by atomic mass is 10.3. The maximum atomic E-state index is 13.8. The Bertz CT molecular complexity index is 702. The number of pyridine rings is 1. The number of anilines is 1. The van der Waals surface area contributed by atoms with Gasteiger partial charge in [0.15, 0.2) is 17.6 Å².